The minimum atomic E-state index is -0.296. The van der Waals surface area contributed by atoms with Crippen LogP contribution in [0, 0.1) is 6.92 Å². The number of aryl methyl sites for hydroxylation is 2. The Kier molecular flexibility index (Phi) is 2.56. The molecule has 0 atom stereocenters. The summed E-state index contributed by atoms with van der Waals surface area (Å²) in [6.07, 6.45) is 0. The predicted molar refractivity (Wildman–Crippen MR) is 76.5 cm³/mol. The number of hydrogen-bond donors (Lipinski definition) is 0. The van der Waals surface area contributed by atoms with Crippen molar-refractivity contribution in [3.8, 4) is 0 Å². The molecule has 0 amide bonds. The Morgan fingerprint density at radius 3 is 2.63 bits per heavy atom. The number of aromatic nitrogens is 1. The van der Waals surface area contributed by atoms with E-state index in [1.54, 1.807) is 0 Å². The normalized spacial score (nSPS) is 11.1. The van der Waals surface area contributed by atoms with Crippen LogP contribution in [0.1, 0.15) is 15.9 Å². The lowest BCUT2D eigenvalue weighted by atomic mass is 10.0. The minimum absolute atomic E-state index is 0.296. The van der Waals surface area contributed by atoms with Crippen molar-refractivity contribution in [2.24, 2.45) is 7.05 Å². The highest BCUT2D eigenvalue weighted by Gasteiger charge is 2.14. The summed E-state index contributed by atoms with van der Waals surface area (Å²) in [4.78, 5) is 11.7. The summed E-state index contributed by atoms with van der Waals surface area (Å²) in [5.74, 6) is -0.296. The molecule has 3 heteroatoms. The van der Waals surface area contributed by atoms with Gasteiger partial charge in [-0.1, -0.05) is 18.2 Å². The number of methoxy groups -OCH3 is 1. The van der Waals surface area contributed by atoms with Crippen molar-refractivity contribution in [3.05, 3.63) is 47.5 Å². The van der Waals surface area contributed by atoms with Gasteiger partial charge in [0.05, 0.1) is 12.7 Å². The van der Waals surface area contributed by atoms with Gasteiger partial charge < -0.3 is 9.30 Å². The minimum Gasteiger partial charge on any atom is -0.465 e. The summed E-state index contributed by atoms with van der Waals surface area (Å²) in [7, 11) is 3.43. The first-order valence-electron chi connectivity index (χ1n) is 6.19. The topological polar surface area (TPSA) is 31.2 Å². The van der Waals surface area contributed by atoms with Crippen molar-refractivity contribution in [2.75, 3.05) is 7.11 Å². The van der Waals surface area contributed by atoms with E-state index < -0.39 is 0 Å². The summed E-state index contributed by atoms with van der Waals surface area (Å²) in [6, 6.07) is 12.1. The second-order valence-corrected chi connectivity index (χ2v) is 4.76. The standard InChI is InChI=1S/C16H15NO2/c1-10-8-11(16(18)19-3)9-14-15(10)12-6-4-5-7-13(12)17(14)2/h4-9H,1-3H3. The van der Waals surface area contributed by atoms with Gasteiger partial charge in [0.15, 0.2) is 0 Å². The van der Waals surface area contributed by atoms with E-state index in [1.165, 1.54) is 23.4 Å². The van der Waals surface area contributed by atoms with Crippen LogP contribution < -0.4 is 0 Å². The summed E-state index contributed by atoms with van der Waals surface area (Å²) >= 11 is 0. The van der Waals surface area contributed by atoms with E-state index in [0.29, 0.717) is 5.56 Å². The predicted octanol–water partition coefficient (Wildman–Crippen LogP) is 3.43. The van der Waals surface area contributed by atoms with Gasteiger partial charge in [-0.25, -0.2) is 4.79 Å². The molecule has 1 heterocycles. The Hall–Kier alpha value is -2.29. The highest BCUT2D eigenvalue weighted by Crippen LogP contribution is 2.31. The largest absolute Gasteiger partial charge is 0.465 e. The van der Waals surface area contributed by atoms with E-state index in [2.05, 4.69) is 16.7 Å². The Morgan fingerprint density at radius 1 is 1.16 bits per heavy atom. The van der Waals surface area contributed by atoms with E-state index in [9.17, 15) is 4.79 Å². The van der Waals surface area contributed by atoms with Crippen LogP contribution in [0.2, 0.25) is 0 Å². The molecular weight excluding hydrogens is 238 g/mol. The van der Waals surface area contributed by atoms with Crippen LogP contribution in [-0.2, 0) is 11.8 Å². The summed E-state index contributed by atoms with van der Waals surface area (Å²) < 4.78 is 6.92. The van der Waals surface area contributed by atoms with Crippen molar-refractivity contribution in [3.63, 3.8) is 0 Å². The molecule has 19 heavy (non-hydrogen) atoms. The van der Waals surface area contributed by atoms with Crippen LogP contribution in [0.15, 0.2) is 36.4 Å². The third kappa shape index (κ3) is 1.62. The second kappa shape index (κ2) is 4.12. The molecule has 3 nitrogen and oxygen atoms in total. The lowest BCUT2D eigenvalue weighted by molar-refractivity contribution is 0.0601. The van der Waals surface area contributed by atoms with Gasteiger partial charge >= 0.3 is 5.97 Å². The van der Waals surface area contributed by atoms with Crippen LogP contribution >= 0.6 is 0 Å². The molecule has 96 valence electrons. The molecule has 0 saturated heterocycles. The number of rotatable bonds is 1. The zero-order valence-electron chi connectivity index (χ0n) is 11.2. The zero-order valence-corrected chi connectivity index (χ0v) is 11.2. The Bertz CT molecular complexity index is 799. The number of carbonyl (C=O) groups is 1. The average molecular weight is 253 g/mol. The second-order valence-electron chi connectivity index (χ2n) is 4.76. The summed E-state index contributed by atoms with van der Waals surface area (Å²) in [6.45, 7) is 2.03. The molecule has 0 aliphatic carbocycles. The summed E-state index contributed by atoms with van der Waals surface area (Å²) in [5.41, 5.74) is 3.91. The van der Waals surface area contributed by atoms with Crippen LogP contribution in [0.4, 0.5) is 0 Å². The molecular formula is C16H15NO2. The Morgan fingerprint density at radius 2 is 1.89 bits per heavy atom. The number of benzene rings is 2. The van der Waals surface area contributed by atoms with Crippen LogP contribution in [0.5, 0.6) is 0 Å². The number of fused-ring (bicyclic) bond motifs is 3. The number of nitrogens with zero attached hydrogens (tertiary/aromatic N) is 1. The molecule has 0 spiro atoms. The molecule has 1 aromatic heterocycles. The van der Waals surface area contributed by atoms with Crippen LogP contribution in [0.25, 0.3) is 21.8 Å². The van der Waals surface area contributed by atoms with Gasteiger partial charge in [0.25, 0.3) is 0 Å². The monoisotopic (exact) mass is 253 g/mol. The van der Waals surface area contributed by atoms with E-state index >= 15 is 0 Å². The third-order valence-corrected chi connectivity index (χ3v) is 3.63. The molecule has 0 aliphatic heterocycles. The SMILES string of the molecule is COC(=O)c1cc(C)c2c3ccccc3n(C)c2c1. The molecule has 2 aromatic carbocycles. The first kappa shape index (κ1) is 11.8. The fourth-order valence-electron chi connectivity index (χ4n) is 2.73. The van der Waals surface area contributed by atoms with Gasteiger partial charge in [-0.05, 0) is 30.7 Å². The number of carbonyl (C=O) groups excluding carboxylic acids is 1. The molecule has 0 fully saturated rings. The molecule has 3 aromatic rings. The van der Waals surface area contributed by atoms with Crippen molar-refractivity contribution in [2.45, 2.75) is 6.92 Å². The molecule has 0 unspecified atom stereocenters. The highest BCUT2D eigenvalue weighted by atomic mass is 16.5. The maximum absolute atomic E-state index is 11.7. The first-order chi connectivity index (χ1) is 9.13. The maximum atomic E-state index is 11.7. The van der Waals surface area contributed by atoms with Gasteiger partial charge in [0.1, 0.15) is 0 Å². The third-order valence-electron chi connectivity index (χ3n) is 3.63. The molecule has 0 bridgehead atoms. The van der Waals surface area contributed by atoms with Crippen molar-refractivity contribution in [1.82, 2.24) is 4.57 Å². The number of hydrogen-bond acceptors (Lipinski definition) is 2. The maximum Gasteiger partial charge on any atom is 0.337 e. The fraction of sp³-hybridized carbons (Fsp3) is 0.188. The molecule has 3 rings (SSSR count). The molecule has 0 aliphatic rings. The lowest BCUT2D eigenvalue weighted by Gasteiger charge is -2.04. The quantitative estimate of drug-likeness (QED) is 0.622. The van der Waals surface area contributed by atoms with Gasteiger partial charge in [-0.2, -0.15) is 0 Å². The number of esters is 1. The van der Waals surface area contributed by atoms with Gasteiger partial charge in [0.2, 0.25) is 0 Å². The van der Waals surface area contributed by atoms with Crippen molar-refractivity contribution in [1.29, 1.82) is 0 Å². The molecule has 0 saturated carbocycles. The average Bonchev–Trinajstić information content (AvgIpc) is 2.72. The van der Waals surface area contributed by atoms with E-state index in [1.807, 2.05) is 38.2 Å². The molecule has 0 radical (unpaired) electrons. The highest BCUT2D eigenvalue weighted by molar-refractivity contribution is 6.11. The van der Waals surface area contributed by atoms with Gasteiger partial charge in [-0.15, -0.1) is 0 Å². The van der Waals surface area contributed by atoms with Crippen LogP contribution in [-0.4, -0.2) is 17.6 Å². The lowest BCUT2D eigenvalue weighted by Crippen LogP contribution is -2.02. The van der Waals surface area contributed by atoms with E-state index in [4.69, 9.17) is 4.74 Å². The van der Waals surface area contributed by atoms with Crippen molar-refractivity contribution < 1.29 is 9.53 Å². The van der Waals surface area contributed by atoms with E-state index in [0.717, 1.165) is 11.1 Å². The van der Waals surface area contributed by atoms with Gasteiger partial charge in [0, 0.05) is 28.9 Å². The van der Waals surface area contributed by atoms with Crippen molar-refractivity contribution >= 4 is 27.8 Å². The number of para-hydroxylation sites is 1. The first-order valence-corrected chi connectivity index (χ1v) is 6.19. The van der Waals surface area contributed by atoms with Crippen LogP contribution in [0.3, 0.4) is 0 Å². The molecule has 0 N–H and O–H groups in total. The Labute approximate surface area is 111 Å². The zero-order chi connectivity index (χ0) is 13.6. The van der Waals surface area contributed by atoms with Gasteiger partial charge in [-0.3, -0.25) is 0 Å². The van der Waals surface area contributed by atoms with E-state index in [-0.39, 0.29) is 5.97 Å². The smallest absolute Gasteiger partial charge is 0.337 e. The number of ether oxygens (including phenoxy) is 1. The summed E-state index contributed by atoms with van der Waals surface area (Å²) in [5, 5.41) is 2.42. The fourth-order valence-corrected chi connectivity index (χ4v) is 2.73. The Balaban J connectivity index is 2.46.